The summed E-state index contributed by atoms with van der Waals surface area (Å²) < 4.78 is 2.43. The molecule has 62 valence electrons. The van der Waals surface area contributed by atoms with Crippen molar-refractivity contribution in [2.45, 2.75) is 11.0 Å². The maximum Gasteiger partial charge on any atom is 0.143 e. The topological polar surface area (TPSA) is 30.7 Å². The summed E-state index contributed by atoms with van der Waals surface area (Å²) in [5.74, 6) is 1.01. The molecule has 1 unspecified atom stereocenters. The van der Waals surface area contributed by atoms with Crippen LogP contribution in [0.5, 0.6) is 0 Å². The zero-order chi connectivity index (χ0) is 8.55. The Hall–Kier alpha value is -0.650. The fourth-order valence-corrected chi connectivity index (χ4v) is 1.56. The van der Waals surface area contributed by atoms with Gasteiger partial charge in [-0.15, -0.1) is 0 Å². The highest BCUT2D eigenvalue weighted by Crippen LogP contribution is 2.24. The second-order valence-electron chi connectivity index (χ2n) is 2.60. The Labute approximate surface area is 84.3 Å². The predicted octanol–water partition coefficient (Wildman–Crippen LogP) is 2.34. The standard InChI is InChI=1S/C8H8IN3/c1-6(9)12-5-10-4-7-2-3-11-8(7)12/h2-6H,1H3. The highest BCUT2D eigenvalue weighted by Gasteiger charge is 2.10. The Morgan fingerprint density at radius 1 is 1.58 bits per heavy atom. The molecule has 12 heavy (non-hydrogen) atoms. The van der Waals surface area contributed by atoms with Gasteiger partial charge in [-0.1, -0.05) is 22.6 Å². The van der Waals surface area contributed by atoms with E-state index in [0.29, 0.717) is 4.05 Å². The number of halogens is 1. The number of rotatable bonds is 1. The van der Waals surface area contributed by atoms with Crippen molar-refractivity contribution in [2.75, 3.05) is 0 Å². The quantitative estimate of drug-likeness (QED) is 0.589. The molecule has 3 nitrogen and oxygen atoms in total. The first-order chi connectivity index (χ1) is 5.79. The molecule has 2 aliphatic rings. The van der Waals surface area contributed by atoms with Gasteiger partial charge in [0.05, 0.1) is 10.4 Å². The summed E-state index contributed by atoms with van der Waals surface area (Å²) in [4.78, 5) is 8.38. The lowest BCUT2D eigenvalue weighted by Crippen LogP contribution is -2.04. The summed E-state index contributed by atoms with van der Waals surface area (Å²) in [6.07, 6.45) is 5.45. The van der Waals surface area contributed by atoms with E-state index in [-0.39, 0.29) is 0 Å². The average Bonchev–Trinajstić information content (AvgIpc) is 2.49. The highest BCUT2D eigenvalue weighted by atomic mass is 127. The minimum absolute atomic E-state index is 0.383. The maximum absolute atomic E-state index is 4.26. The number of nitrogens with zero attached hydrogens (tertiary/aromatic N) is 3. The SMILES string of the molecule is CC(I)n1cncc2ccnc1-2. The van der Waals surface area contributed by atoms with Crippen molar-refractivity contribution >= 4 is 22.6 Å². The third-order valence-electron chi connectivity index (χ3n) is 1.74. The van der Waals surface area contributed by atoms with Crippen LogP contribution < -0.4 is 0 Å². The number of alkyl halides is 1. The van der Waals surface area contributed by atoms with E-state index >= 15 is 0 Å². The maximum atomic E-state index is 4.26. The number of hydrogen-bond donors (Lipinski definition) is 0. The molecular weight excluding hydrogens is 265 g/mol. The van der Waals surface area contributed by atoms with Gasteiger partial charge in [-0.2, -0.15) is 0 Å². The number of fused-ring (bicyclic) bond motifs is 1. The van der Waals surface area contributed by atoms with Gasteiger partial charge < -0.3 is 4.57 Å². The van der Waals surface area contributed by atoms with Crippen molar-refractivity contribution in [1.29, 1.82) is 0 Å². The van der Waals surface area contributed by atoms with Crippen LogP contribution >= 0.6 is 22.6 Å². The first-order valence-electron chi connectivity index (χ1n) is 3.69. The minimum atomic E-state index is 0.383. The highest BCUT2D eigenvalue weighted by molar-refractivity contribution is 14.1. The summed E-state index contributed by atoms with van der Waals surface area (Å²) in [6.45, 7) is 2.11. The van der Waals surface area contributed by atoms with E-state index in [1.165, 1.54) is 0 Å². The molecule has 0 fully saturated rings. The second-order valence-corrected chi connectivity index (χ2v) is 4.40. The van der Waals surface area contributed by atoms with Crippen LogP contribution in [0.3, 0.4) is 0 Å². The molecular formula is C8H8IN3. The zero-order valence-electron chi connectivity index (χ0n) is 6.61. The van der Waals surface area contributed by atoms with Gasteiger partial charge in [0.15, 0.2) is 0 Å². The van der Waals surface area contributed by atoms with E-state index in [1.807, 2.05) is 24.8 Å². The van der Waals surface area contributed by atoms with Gasteiger partial charge in [-0.25, -0.2) is 9.97 Å². The van der Waals surface area contributed by atoms with Crippen LogP contribution in [-0.4, -0.2) is 14.5 Å². The van der Waals surface area contributed by atoms with Crippen LogP contribution in [0.15, 0.2) is 24.8 Å². The van der Waals surface area contributed by atoms with Gasteiger partial charge in [0, 0.05) is 18.0 Å². The summed E-state index contributed by atoms with van der Waals surface area (Å²) in [7, 11) is 0. The van der Waals surface area contributed by atoms with Crippen LogP contribution in [0.2, 0.25) is 0 Å². The fourth-order valence-electron chi connectivity index (χ4n) is 1.15. The van der Waals surface area contributed by atoms with E-state index in [1.54, 1.807) is 0 Å². The lowest BCUT2D eigenvalue weighted by atomic mass is 10.3. The van der Waals surface area contributed by atoms with Gasteiger partial charge in [0.1, 0.15) is 5.82 Å². The van der Waals surface area contributed by atoms with Crippen LogP contribution in [0.4, 0.5) is 0 Å². The third-order valence-corrected chi connectivity index (χ3v) is 2.34. The molecule has 0 aromatic heterocycles. The fraction of sp³-hybridized carbons (Fsp3) is 0.250. The molecule has 0 bridgehead atoms. The van der Waals surface area contributed by atoms with E-state index < -0.39 is 0 Å². The van der Waals surface area contributed by atoms with Crippen LogP contribution in [-0.2, 0) is 0 Å². The van der Waals surface area contributed by atoms with Crippen molar-refractivity contribution in [3.63, 3.8) is 0 Å². The number of hydrogen-bond acceptors (Lipinski definition) is 2. The molecule has 0 aromatic carbocycles. The molecule has 0 N–H and O–H groups in total. The van der Waals surface area contributed by atoms with Crippen molar-refractivity contribution in [3.8, 4) is 11.4 Å². The second kappa shape index (κ2) is 3.01. The van der Waals surface area contributed by atoms with E-state index in [2.05, 4.69) is 44.0 Å². The predicted molar refractivity (Wildman–Crippen MR) is 55.4 cm³/mol. The molecule has 0 aromatic rings. The molecule has 0 saturated carbocycles. The monoisotopic (exact) mass is 273 g/mol. The van der Waals surface area contributed by atoms with E-state index in [9.17, 15) is 0 Å². The molecule has 4 heteroatoms. The van der Waals surface area contributed by atoms with Gasteiger partial charge in [-0.3, -0.25) is 0 Å². The molecule has 0 radical (unpaired) electrons. The molecule has 0 amide bonds. The van der Waals surface area contributed by atoms with Crippen LogP contribution in [0.1, 0.15) is 11.0 Å². The van der Waals surface area contributed by atoms with E-state index in [4.69, 9.17) is 0 Å². The summed E-state index contributed by atoms with van der Waals surface area (Å²) >= 11 is 2.34. The summed E-state index contributed by atoms with van der Waals surface area (Å²) in [5, 5.41) is 0. The number of aromatic nitrogens is 3. The largest absolute Gasteiger partial charge is 0.304 e. The van der Waals surface area contributed by atoms with Crippen LogP contribution in [0.25, 0.3) is 11.4 Å². The molecule has 1 atom stereocenters. The van der Waals surface area contributed by atoms with Crippen molar-refractivity contribution in [1.82, 2.24) is 14.5 Å². The van der Waals surface area contributed by atoms with Crippen molar-refractivity contribution in [2.24, 2.45) is 0 Å². The Bertz CT molecular complexity index is 355. The van der Waals surface area contributed by atoms with Gasteiger partial charge in [0.2, 0.25) is 0 Å². The normalized spacial score (nSPS) is 13.5. The minimum Gasteiger partial charge on any atom is -0.304 e. The lowest BCUT2D eigenvalue weighted by molar-refractivity contribution is 0.736. The lowest BCUT2D eigenvalue weighted by Gasteiger charge is -2.11. The van der Waals surface area contributed by atoms with Gasteiger partial charge in [0.25, 0.3) is 0 Å². The zero-order valence-corrected chi connectivity index (χ0v) is 8.76. The average molecular weight is 273 g/mol. The van der Waals surface area contributed by atoms with Crippen LogP contribution in [0, 0.1) is 0 Å². The third kappa shape index (κ3) is 1.20. The first kappa shape index (κ1) is 7.97. The smallest absolute Gasteiger partial charge is 0.143 e. The van der Waals surface area contributed by atoms with Crippen molar-refractivity contribution < 1.29 is 0 Å². The molecule has 0 aliphatic carbocycles. The summed E-state index contributed by atoms with van der Waals surface area (Å²) in [6, 6.07) is 1.97. The Kier molecular flexibility index (Phi) is 2.00. The summed E-state index contributed by atoms with van der Waals surface area (Å²) in [5.41, 5.74) is 1.10. The van der Waals surface area contributed by atoms with Crippen molar-refractivity contribution in [3.05, 3.63) is 24.8 Å². The molecule has 2 aliphatic heterocycles. The first-order valence-corrected chi connectivity index (χ1v) is 4.94. The van der Waals surface area contributed by atoms with E-state index in [0.717, 1.165) is 11.4 Å². The van der Waals surface area contributed by atoms with Gasteiger partial charge >= 0.3 is 0 Å². The Balaban J connectivity index is 2.63. The Morgan fingerprint density at radius 2 is 2.42 bits per heavy atom. The molecule has 0 saturated heterocycles. The molecule has 2 rings (SSSR count). The van der Waals surface area contributed by atoms with Gasteiger partial charge in [-0.05, 0) is 13.0 Å². The Morgan fingerprint density at radius 3 is 3.17 bits per heavy atom. The molecule has 0 spiro atoms. The molecule has 2 heterocycles.